The summed E-state index contributed by atoms with van der Waals surface area (Å²) in [6.07, 6.45) is 1.63. The second-order valence-electron chi connectivity index (χ2n) is 5.59. The Labute approximate surface area is 128 Å². The third-order valence-electron chi connectivity index (χ3n) is 3.96. The van der Waals surface area contributed by atoms with Crippen molar-refractivity contribution in [3.63, 3.8) is 0 Å². The van der Waals surface area contributed by atoms with Gasteiger partial charge in [-0.15, -0.1) is 0 Å². The maximum Gasteiger partial charge on any atom is 0.293 e. The highest BCUT2D eigenvalue weighted by atomic mass is 16.6. The fourth-order valence-corrected chi connectivity index (χ4v) is 2.88. The third-order valence-corrected chi connectivity index (χ3v) is 3.96. The van der Waals surface area contributed by atoms with Crippen LogP contribution in [0, 0.1) is 17.0 Å². The van der Waals surface area contributed by atoms with Crippen LogP contribution in [0.2, 0.25) is 0 Å². The minimum atomic E-state index is -0.583. The van der Waals surface area contributed by atoms with Gasteiger partial charge in [-0.2, -0.15) is 0 Å². The van der Waals surface area contributed by atoms with Crippen LogP contribution in [0.4, 0.5) is 11.4 Å². The van der Waals surface area contributed by atoms with Gasteiger partial charge in [-0.05, 0) is 38.9 Å². The maximum absolute atomic E-state index is 12.8. The van der Waals surface area contributed by atoms with Crippen molar-refractivity contribution in [2.24, 2.45) is 0 Å². The Balaban J connectivity index is 2.57. The molecule has 1 atom stereocenters. The van der Waals surface area contributed by atoms with E-state index in [0.717, 1.165) is 19.4 Å². The van der Waals surface area contributed by atoms with Crippen LogP contribution >= 0.6 is 0 Å². The molecule has 0 aromatic heterocycles. The third kappa shape index (κ3) is 2.99. The second-order valence-corrected chi connectivity index (χ2v) is 5.59. The average Bonchev–Trinajstić information content (AvgIpc) is 2.83. The molecule has 0 radical (unpaired) electrons. The first-order valence-corrected chi connectivity index (χ1v) is 7.13. The van der Waals surface area contributed by atoms with E-state index in [1.165, 1.54) is 13.0 Å². The van der Waals surface area contributed by atoms with E-state index in [2.05, 4.69) is 5.32 Å². The summed E-state index contributed by atoms with van der Waals surface area (Å²) in [6.45, 7) is 3.80. The van der Waals surface area contributed by atoms with Crippen LogP contribution in [-0.4, -0.2) is 41.1 Å². The van der Waals surface area contributed by atoms with Crippen LogP contribution in [0.15, 0.2) is 12.1 Å². The smallest absolute Gasteiger partial charge is 0.293 e. The standard InChI is InChI=1S/C15H19N3O4/c1-9-6-7-11(18(21)22)14(16-10(2)19)13(9)15(20)12-5-4-8-17(12)3/h6-7,12H,4-5,8H2,1-3H3,(H,16,19). The summed E-state index contributed by atoms with van der Waals surface area (Å²) < 4.78 is 0. The summed E-state index contributed by atoms with van der Waals surface area (Å²) in [5.41, 5.74) is 0.607. The fourth-order valence-electron chi connectivity index (χ4n) is 2.88. The van der Waals surface area contributed by atoms with Crippen molar-refractivity contribution in [3.8, 4) is 0 Å². The van der Waals surface area contributed by atoms with Gasteiger partial charge in [0.15, 0.2) is 5.78 Å². The molecule has 1 aromatic rings. The van der Waals surface area contributed by atoms with Gasteiger partial charge in [-0.1, -0.05) is 6.07 Å². The Bertz CT molecular complexity index is 642. The van der Waals surface area contributed by atoms with Gasteiger partial charge in [0.2, 0.25) is 5.91 Å². The van der Waals surface area contributed by atoms with Gasteiger partial charge in [0.1, 0.15) is 5.69 Å². The van der Waals surface area contributed by atoms with Crippen LogP contribution in [-0.2, 0) is 4.79 Å². The molecule has 7 nitrogen and oxygen atoms in total. The number of Topliss-reactive ketones (excluding diaryl/α,β-unsaturated/α-hetero) is 1. The van der Waals surface area contributed by atoms with E-state index in [4.69, 9.17) is 0 Å². The molecule has 1 amide bonds. The van der Waals surface area contributed by atoms with E-state index < -0.39 is 10.8 Å². The van der Waals surface area contributed by atoms with Crippen molar-refractivity contribution in [3.05, 3.63) is 33.4 Å². The van der Waals surface area contributed by atoms with Crippen LogP contribution in [0.25, 0.3) is 0 Å². The molecule has 1 aliphatic rings. The van der Waals surface area contributed by atoms with Crippen molar-refractivity contribution in [2.45, 2.75) is 32.7 Å². The number of likely N-dealkylation sites (N-methyl/N-ethyl adjacent to an activating group) is 1. The average molecular weight is 305 g/mol. The number of carbonyl (C=O) groups excluding carboxylic acids is 2. The second kappa shape index (κ2) is 6.23. The number of rotatable bonds is 4. The number of ketones is 1. The summed E-state index contributed by atoms with van der Waals surface area (Å²) in [4.78, 5) is 36.8. The van der Waals surface area contributed by atoms with Gasteiger partial charge in [0, 0.05) is 13.0 Å². The molecule has 1 aliphatic heterocycles. The van der Waals surface area contributed by atoms with Crippen molar-refractivity contribution in [2.75, 3.05) is 18.9 Å². The predicted octanol–water partition coefficient (Wildman–Crippen LogP) is 2.14. The molecule has 1 aromatic carbocycles. The quantitative estimate of drug-likeness (QED) is 0.522. The molecule has 0 saturated carbocycles. The Kier molecular flexibility index (Phi) is 4.56. The lowest BCUT2D eigenvalue weighted by molar-refractivity contribution is -0.384. The van der Waals surface area contributed by atoms with Gasteiger partial charge < -0.3 is 5.32 Å². The lowest BCUT2D eigenvalue weighted by atomic mass is 9.95. The van der Waals surface area contributed by atoms with Gasteiger partial charge in [0.05, 0.1) is 16.5 Å². The highest BCUT2D eigenvalue weighted by Gasteiger charge is 2.33. The van der Waals surface area contributed by atoms with Crippen molar-refractivity contribution in [1.82, 2.24) is 4.90 Å². The highest BCUT2D eigenvalue weighted by molar-refractivity contribution is 6.10. The lowest BCUT2D eigenvalue weighted by Gasteiger charge is -2.21. The number of carbonyl (C=O) groups is 2. The first-order chi connectivity index (χ1) is 10.3. The largest absolute Gasteiger partial charge is 0.320 e. The van der Waals surface area contributed by atoms with Gasteiger partial charge >= 0.3 is 0 Å². The molecule has 1 N–H and O–H groups in total. The molecular weight excluding hydrogens is 286 g/mol. The van der Waals surface area contributed by atoms with Crippen molar-refractivity contribution in [1.29, 1.82) is 0 Å². The van der Waals surface area contributed by atoms with Crippen molar-refractivity contribution >= 4 is 23.1 Å². The molecule has 22 heavy (non-hydrogen) atoms. The van der Waals surface area contributed by atoms with E-state index in [1.807, 2.05) is 11.9 Å². The van der Waals surface area contributed by atoms with E-state index >= 15 is 0 Å². The molecule has 0 bridgehead atoms. The van der Waals surface area contributed by atoms with Gasteiger partial charge in [-0.25, -0.2) is 0 Å². The number of hydrogen-bond donors (Lipinski definition) is 1. The van der Waals surface area contributed by atoms with Crippen LogP contribution in [0.5, 0.6) is 0 Å². The first-order valence-electron chi connectivity index (χ1n) is 7.13. The van der Waals surface area contributed by atoms with E-state index in [1.54, 1.807) is 13.0 Å². The highest BCUT2D eigenvalue weighted by Crippen LogP contribution is 2.33. The zero-order chi connectivity index (χ0) is 16.4. The minimum Gasteiger partial charge on any atom is -0.320 e. The first kappa shape index (κ1) is 16.1. The molecule has 1 heterocycles. The van der Waals surface area contributed by atoms with Gasteiger partial charge in [-0.3, -0.25) is 24.6 Å². The number of nitrogens with zero attached hydrogens (tertiary/aromatic N) is 2. The summed E-state index contributed by atoms with van der Waals surface area (Å²) in [7, 11) is 1.86. The number of nitrogens with one attached hydrogen (secondary N) is 1. The fraction of sp³-hybridized carbons (Fsp3) is 0.467. The van der Waals surface area contributed by atoms with Crippen LogP contribution in [0.3, 0.4) is 0 Å². The molecule has 1 saturated heterocycles. The molecule has 0 spiro atoms. The number of hydrogen-bond acceptors (Lipinski definition) is 5. The summed E-state index contributed by atoms with van der Waals surface area (Å²) in [5.74, 6) is -0.618. The summed E-state index contributed by atoms with van der Waals surface area (Å²) in [5, 5.41) is 13.7. The molecule has 1 fully saturated rings. The molecule has 0 aliphatic carbocycles. The molecule has 1 unspecified atom stereocenters. The molecule has 7 heteroatoms. The Morgan fingerprint density at radius 2 is 2.09 bits per heavy atom. The normalized spacial score (nSPS) is 18.2. The zero-order valence-corrected chi connectivity index (χ0v) is 12.9. The van der Waals surface area contributed by atoms with E-state index in [9.17, 15) is 19.7 Å². The molecular formula is C15H19N3O4. The number of aryl methyl sites for hydroxylation is 1. The zero-order valence-electron chi connectivity index (χ0n) is 12.9. The van der Waals surface area contributed by atoms with E-state index in [0.29, 0.717) is 5.56 Å². The molecule has 2 rings (SSSR count). The topological polar surface area (TPSA) is 92.5 Å². The number of amides is 1. The summed E-state index contributed by atoms with van der Waals surface area (Å²) >= 11 is 0. The Morgan fingerprint density at radius 3 is 2.59 bits per heavy atom. The maximum atomic E-state index is 12.8. The van der Waals surface area contributed by atoms with E-state index in [-0.39, 0.29) is 28.8 Å². The SMILES string of the molecule is CC(=O)Nc1c([N+](=O)[O-])ccc(C)c1C(=O)C1CCCN1C. The number of benzene rings is 1. The Hall–Kier alpha value is -2.28. The van der Waals surface area contributed by atoms with Crippen molar-refractivity contribution < 1.29 is 14.5 Å². The van der Waals surface area contributed by atoms with Gasteiger partial charge in [0.25, 0.3) is 5.69 Å². The summed E-state index contributed by atoms with van der Waals surface area (Å²) in [6, 6.07) is 2.56. The number of nitro groups is 1. The monoisotopic (exact) mass is 305 g/mol. The van der Waals surface area contributed by atoms with Crippen LogP contribution < -0.4 is 5.32 Å². The number of likely N-dealkylation sites (tertiary alicyclic amines) is 1. The number of nitro benzene ring substituents is 1. The predicted molar refractivity (Wildman–Crippen MR) is 82.1 cm³/mol. The Morgan fingerprint density at radius 1 is 1.41 bits per heavy atom. The minimum absolute atomic E-state index is 0.00259. The number of anilines is 1. The molecule has 118 valence electrons. The lowest BCUT2D eigenvalue weighted by Crippen LogP contribution is -2.34. The van der Waals surface area contributed by atoms with Crippen LogP contribution in [0.1, 0.15) is 35.7 Å².